The predicted molar refractivity (Wildman–Crippen MR) is 91.5 cm³/mol. The average molecular weight is 293 g/mol. The number of hydrogen-bond acceptors (Lipinski definition) is 1. The van der Waals surface area contributed by atoms with Crippen molar-refractivity contribution in [2.45, 2.75) is 90.1 Å². The first-order valence-corrected chi connectivity index (χ1v) is 9.51. The molecule has 0 saturated heterocycles. The quantitative estimate of drug-likeness (QED) is 0.512. The molecule has 122 valence electrons. The van der Waals surface area contributed by atoms with E-state index in [-0.39, 0.29) is 0 Å². The van der Waals surface area contributed by atoms with Gasteiger partial charge in [-0.1, -0.05) is 38.3 Å². The molecule has 0 aliphatic heterocycles. The van der Waals surface area contributed by atoms with Crippen LogP contribution in [0.2, 0.25) is 0 Å². The Kier molecular flexibility index (Phi) is 7.85. The monoisotopic (exact) mass is 292 g/mol. The molecule has 0 aromatic carbocycles. The first-order chi connectivity index (χ1) is 10.3. The maximum Gasteiger partial charge on any atom is 0.0571 e. The number of allylic oxidation sites excluding steroid dienone is 2. The highest BCUT2D eigenvalue weighted by Gasteiger charge is 2.23. The molecule has 1 nitrogen and oxygen atoms in total. The Morgan fingerprint density at radius 1 is 0.857 bits per heavy atom. The van der Waals surface area contributed by atoms with Crippen molar-refractivity contribution in [3.05, 3.63) is 12.2 Å². The lowest BCUT2D eigenvalue weighted by molar-refractivity contribution is 0.0541. The summed E-state index contributed by atoms with van der Waals surface area (Å²) in [5, 5.41) is 0. The van der Waals surface area contributed by atoms with Crippen LogP contribution in [0.25, 0.3) is 0 Å². The predicted octanol–water partition coefficient (Wildman–Crippen LogP) is 6.13. The van der Waals surface area contributed by atoms with Crippen molar-refractivity contribution in [1.82, 2.24) is 0 Å². The van der Waals surface area contributed by atoms with Gasteiger partial charge in [0.05, 0.1) is 6.10 Å². The van der Waals surface area contributed by atoms with Crippen molar-refractivity contribution in [3.8, 4) is 0 Å². The minimum Gasteiger partial charge on any atom is -0.381 e. The first kappa shape index (κ1) is 17.1. The van der Waals surface area contributed by atoms with Crippen LogP contribution in [0.3, 0.4) is 0 Å². The maximum absolute atomic E-state index is 5.48. The highest BCUT2D eigenvalue weighted by atomic mass is 16.5. The number of hydrogen-bond donors (Lipinski definition) is 0. The third kappa shape index (κ3) is 6.14. The van der Waals surface area contributed by atoms with Crippen molar-refractivity contribution < 1.29 is 4.74 Å². The fourth-order valence-corrected chi connectivity index (χ4v) is 4.25. The molecule has 0 N–H and O–H groups in total. The fourth-order valence-electron chi connectivity index (χ4n) is 4.25. The zero-order chi connectivity index (χ0) is 14.9. The molecule has 0 unspecified atom stereocenters. The Hall–Kier alpha value is -0.300. The lowest BCUT2D eigenvalue weighted by atomic mass is 9.77. The third-order valence-corrected chi connectivity index (χ3v) is 5.87. The van der Waals surface area contributed by atoms with Crippen LogP contribution < -0.4 is 0 Å². The van der Waals surface area contributed by atoms with E-state index in [0.29, 0.717) is 6.10 Å². The molecule has 2 rings (SSSR count). The van der Waals surface area contributed by atoms with Crippen LogP contribution in [0.1, 0.15) is 84.0 Å². The zero-order valence-electron chi connectivity index (χ0n) is 14.4. The summed E-state index contributed by atoms with van der Waals surface area (Å²) in [5.41, 5.74) is 0. The molecule has 21 heavy (non-hydrogen) atoms. The molecule has 0 aromatic rings. The second-order valence-electron chi connectivity index (χ2n) is 7.45. The normalized spacial score (nSPS) is 34.4. The van der Waals surface area contributed by atoms with Gasteiger partial charge in [-0.05, 0) is 75.5 Å². The van der Waals surface area contributed by atoms with E-state index in [2.05, 4.69) is 19.1 Å². The Bertz CT molecular complexity index is 280. The molecule has 0 aromatic heterocycles. The van der Waals surface area contributed by atoms with Crippen LogP contribution in [0, 0.1) is 17.8 Å². The summed E-state index contributed by atoms with van der Waals surface area (Å²) in [7, 11) is 1.87. The minimum atomic E-state index is 0.562. The van der Waals surface area contributed by atoms with Crippen molar-refractivity contribution in [2.75, 3.05) is 7.11 Å². The summed E-state index contributed by atoms with van der Waals surface area (Å²) in [6, 6.07) is 0. The summed E-state index contributed by atoms with van der Waals surface area (Å²) in [6.45, 7) is 2.27. The van der Waals surface area contributed by atoms with E-state index >= 15 is 0 Å². The molecular weight excluding hydrogens is 256 g/mol. The lowest BCUT2D eigenvalue weighted by Gasteiger charge is -2.31. The average Bonchev–Trinajstić information content (AvgIpc) is 2.55. The summed E-state index contributed by atoms with van der Waals surface area (Å²) >= 11 is 0. The number of methoxy groups -OCH3 is 1. The molecule has 0 bridgehead atoms. The molecule has 2 saturated carbocycles. The molecule has 0 radical (unpaired) electrons. The standard InChI is InChI=1S/C20H36O/c1-3-4-5-6-17-7-9-18(10-8-17)11-12-19-13-15-20(21-2)16-14-19/h5-6,17-20H,3-4,7-16H2,1-2H3/b6-5+/t17-,18-,19-,20-. The Morgan fingerprint density at radius 3 is 1.95 bits per heavy atom. The van der Waals surface area contributed by atoms with Gasteiger partial charge >= 0.3 is 0 Å². The van der Waals surface area contributed by atoms with Gasteiger partial charge in [0.1, 0.15) is 0 Å². The van der Waals surface area contributed by atoms with Gasteiger partial charge in [0.25, 0.3) is 0 Å². The van der Waals surface area contributed by atoms with Gasteiger partial charge in [-0.2, -0.15) is 0 Å². The van der Waals surface area contributed by atoms with Crippen LogP contribution in [0.15, 0.2) is 12.2 Å². The van der Waals surface area contributed by atoms with Crippen molar-refractivity contribution in [3.63, 3.8) is 0 Å². The summed E-state index contributed by atoms with van der Waals surface area (Å²) in [6.07, 6.45) is 22.3. The van der Waals surface area contributed by atoms with Crippen molar-refractivity contribution >= 4 is 0 Å². The third-order valence-electron chi connectivity index (χ3n) is 5.87. The Labute approximate surface area is 132 Å². The van der Waals surface area contributed by atoms with Gasteiger partial charge in [-0.25, -0.2) is 0 Å². The molecule has 2 aliphatic carbocycles. The smallest absolute Gasteiger partial charge is 0.0571 e. The summed E-state index contributed by atoms with van der Waals surface area (Å²) in [4.78, 5) is 0. The van der Waals surface area contributed by atoms with E-state index in [0.717, 1.165) is 17.8 Å². The van der Waals surface area contributed by atoms with Gasteiger partial charge < -0.3 is 4.74 Å². The molecule has 0 heterocycles. The van der Waals surface area contributed by atoms with Crippen LogP contribution in [0.4, 0.5) is 0 Å². The second kappa shape index (κ2) is 9.66. The first-order valence-electron chi connectivity index (χ1n) is 9.51. The van der Waals surface area contributed by atoms with E-state index in [4.69, 9.17) is 4.74 Å². The van der Waals surface area contributed by atoms with Crippen molar-refractivity contribution in [1.29, 1.82) is 0 Å². The maximum atomic E-state index is 5.48. The Morgan fingerprint density at radius 2 is 1.43 bits per heavy atom. The summed E-state index contributed by atoms with van der Waals surface area (Å²) < 4.78 is 5.48. The van der Waals surface area contributed by atoms with Gasteiger partial charge in [-0.15, -0.1) is 0 Å². The zero-order valence-corrected chi connectivity index (χ0v) is 14.4. The lowest BCUT2D eigenvalue weighted by Crippen LogP contribution is -2.21. The van der Waals surface area contributed by atoms with E-state index in [1.807, 2.05) is 7.11 Å². The number of ether oxygens (including phenoxy) is 1. The van der Waals surface area contributed by atoms with Crippen LogP contribution in [0.5, 0.6) is 0 Å². The van der Waals surface area contributed by atoms with Crippen LogP contribution in [-0.4, -0.2) is 13.2 Å². The van der Waals surface area contributed by atoms with Crippen LogP contribution in [-0.2, 0) is 4.74 Å². The molecule has 0 atom stereocenters. The van der Waals surface area contributed by atoms with E-state index < -0.39 is 0 Å². The van der Waals surface area contributed by atoms with Gasteiger partial charge in [0, 0.05) is 7.11 Å². The van der Waals surface area contributed by atoms with Crippen LogP contribution >= 0.6 is 0 Å². The largest absolute Gasteiger partial charge is 0.381 e. The molecule has 0 spiro atoms. The minimum absolute atomic E-state index is 0.562. The van der Waals surface area contributed by atoms with Crippen molar-refractivity contribution in [2.24, 2.45) is 17.8 Å². The topological polar surface area (TPSA) is 9.23 Å². The molecule has 0 amide bonds. The highest BCUT2D eigenvalue weighted by Crippen LogP contribution is 2.36. The number of rotatable bonds is 7. The highest BCUT2D eigenvalue weighted by molar-refractivity contribution is 4.91. The molecule has 2 fully saturated rings. The van der Waals surface area contributed by atoms with E-state index in [9.17, 15) is 0 Å². The molecular formula is C20H36O. The van der Waals surface area contributed by atoms with Gasteiger partial charge in [-0.3, -0.25) is 0 Å². The van der Waals surface area contributed by atoms with E-state index in [1.54, 1.807) is 0 Å². The van der Waals surface area contributed by atoms with Gasteiger partial charge in [0.2, 0.25) is 0 Å². The Balaban J connectivity index is 1.57. The molecule has 2 aliphatic rings. The number of unbranched alkanes of at least 4 members (excludes halogenated alkanes) is 1. The summed E-state index contributed by atoms with van der Waals surface area (Å²) in [5.74, 6) is 2.92. The van der Waals surface area contributed by atoms with Gasteiger partial charge in [0.15, 0.2) is 0 Å². The second-order valence-corrected chi connectivity index (χ2v) is 7.45. The molecule has 1 heteroatoms. The van der Waals surface area contributed by atoms with E-state index in [1.165, 1.54) is 77.0 Å². The SMILES string of the molecule is CCC/C=C/[C@H]1CC[C@H](CC[C@H]2CC[C@H](OC)CC2)CC1. The fraction of sp³-hybridized carbons (Fsp3) is 0.900.